The van der Waals surface area contributed by atoms with E-state index >= 15 is 0 Å². The lowest BCUT2D eigenvalue weighted by molar-refractivity contribution is 0.0720. The fraction of sp³-hybridized carbons (Fsp3) is 0.467. The van der Waals surface area contributed by atoms with Crippen LogP contribution in [-0.2, 0) is 27.7 Å². The van der Waals surface area contributed by atoms with Crippen LogP contribution in [0.2, 0.25) is 77.1 Å². The number of ether oxygens (including phenoxy) is 3. The van der Waals surface area contributed by atoms with Crippen molar-refractivity contribution in [2.24, 2.45) is 0 Å². The Morgan fingerprint density at radius 1 is 0.537 bits per heavy atom. The second kappa shape index (κ2) is 30.3. The Labute approximate surface area is 444 Å². The number of nitrogens with one attached hydrogen (secondary N) is 1. The molecule has 0 bridgehead atoms. The van der Waals surface area contributed by atoms with Gasteiger partial charge in [-0.05, 0) is 73.3 Å². The summed E-state index contributed by atoms with van der Waals surface area (Å²) in [6, 6.07) is 28.0. The summed E-state index contributed by atoms with van der Waals surface area (Å²) in [5.41, 5.74) is 3.10. The predicted molar refractivity (Wildman–Crippen MR) is 304 cm³/mol. The van der Waals surface area contributed by atoms with Gasteiger partial charge < -0.3 is 14.2 Å². The Kier molecular flexibility index (Phi) is 27.0. The molecule has 0 aliphatic carbocycles. The topological polar surface area (TPSA) is 131 Å². The monoisotopic (exact) mass is 1230 g/mol. The van der Waals surface area contributed by atoms with Gasteiger partial charge in [0.1, 0.15) is 19.5 Å². The van der Waals surface area contributed by atoms with Gasteiger partial charge in [0.05, 0.1) is 0 Å². The van der Waals surface area contributed by atoms with E-state index in [4.69, 9.17) is 25.8 Å². The highest BCUT2D eigenvalue weighted by molar-refractivity contribution is 9.11. The third-order valence-corrected chi connectivity index (χ3v) is 17.7. The molecule has 3 aromatic carbocycles. The average molecular weight is 1240 g/mol. The van der Waals surface area contributed by atoms with Gasteiger partial charge >= 0.3 is 0 Å². The minimum absolute atomic E-state index is 0.338. The molecule has 0 spiro atoms. The van der Waals surface area contributed by atoms with Crippen LogP contribution in [0.3, 0.4) is 0 Å². The number of nitrogens with zero attached hydrogens (tertiary/aromatic N) is 8. The van der Waals surface area contributed by atoms with Crippen LogP contribution in [0.15, 0.2) is 102 Å². The molecular formula is C45H67Br3ClN9O3S3Si3. The zero-order chi connectivity index (χ0) is 49.6. The summed E-state index contributed by atoms with van der Waals surface area (Å²) < 4.78 is 23.5. The van der Waals surface area contributed by atoms with Gasteiger partial charge in [-0.25, -0.2) is 24.3 Å². The van der Waals surface area contributed by atoms with Crippen LogP contribution in [0.5, 0.6) is 0 Å². The maximum absolute atomic E-state index is 5.82. The van der Waals surface area contributed by atoms with Crippen LogP contribution < -0.4 is 0 Å². The van der Waals surface area contributed by atoms with Gasteiger partial charge in [0.15, 0.2) is 22.6 Å². The number of alkyl halides is 1. The summed E-state index contributed by atoms with van der Waals surface area (Å²) in [5.74, 6) is 2.40. The molecule has 0 aliphatic heterocycles. The van der Waals surface area contributed by atoms with E-state index in [0.717, 1.165) is 95.0 Å². The molecule has 0 fully saturated rings. The Morgan fingerprint density at radius 2 is 0.985 bits per heavy atom. The summed E-state index contributed by atoms with van der Waals surface area (Å²) in [7, 11) is -2.99. The first-order valence-electron chi connectivity index (χ1n) is 21.6. The molecule has 3 heterocycles. The minimum Gasteiger partial charge on any atom is -0.366 e. The van der Waals surface area contributed by atoms with E-state index in [-0.39, 0.29) is 0 Å². The van der Waals surface area contributed by atoms with Crippen molar-refractivity contribution in [3.05, 3.63) is 86.2 Å². The normalized spacial score (nSPS) is 11.6. The Morgan fingerprint density at radius 3 is 1.42 bits per heavy atom. The molecule has 0 saturated carbocycles. The van der Waals surface area contributed by atoms with Crippen molar-refractivity contribution in [2.75, 3.05) is 44.7 Å². The van der Waals surface area contributed by atoms with Gasteiger partial charge in [0, 0.05) is 74.2 Å². The Balaban J connectivity index is 0.000000249. The van der Waals surface area contributed by atoms with Gasteiger partial charge in [0.2, 0.25) is 10.3 Å². The molecule has 368 valence electrons. The highest BCUT2D eigenvalue weighted by atomic mass is 79.9. The second-order valence-electron chi connectivity index (χ2n) is 18.6. The summed E-state index contributed by atoms with van der Waals surface area (Å²) in [5, 5.41) is 18.4. The Bertz CT molecular complexity index is 2310. The number of aromatic nitrogens is 9. The van der Waals surface area contributed by atoms with Crippen LogP contribution in [-0.4, -0.2) is 114 Å². The van der Waals surface area contributed by atoms with Crippen molar-refractivity contribution in [1.29, 1.82) is 0 Å². The molecule has 1 N–H and O–H groups in total. The lowest BCUT2D eigenvalue weighted by atomic mass is 10.2. The predicted octanol–water partition coefficient (Wildman–Crippen LogP) is 15.0. The fourth-order valence-corrected chi connectivity index (χ4v) is 9.49. The van der Waals surface area contributed by atoms with Gasteiger partial charge in [-0.15, -0.1) is 15.3 Å². The molecule has 0 aliphatic rings. The highest BCUT2D eigenvalue weighted by Gasteiger charge is 2.16. The number of thioether (sulfide) groups is 3. The van der Waals surface area contributed by atoms with Crippen LogP contribution in [0.1, 0.15) is 0 Å². The standard InChI is InChI=1S/2C15H22BrN3OSSi.C9H8BrN3S.C6H15ClOSi/c1-21-15-17-14(12-5-7-13(16)8-6-12)19(18-15)11-20-9-10-22(2,3)4;1-21-15-17-14(12-5-7-13(16)8-6-12)18-19(15)11-20-9-10-22(2,3)4;1-14-9-11-8(12-13-9)6-2-4-7(10)5-3-6;1-9(2,3)5-4-8-6-7/h2*5-8H,9-11H2,1-4H3;2-5H,1H3,(H,11,12,13);4-6H2,1-3H3. The van der Waals surface area contributed by atoms with E-state index in [0.29, 0.717) is 19.5 Å². The lowest BCUT2D eigenvalue weighted by Gasteiger charge is -2.15. The van der Waals surface area contributed by atoms with E-state index in [1.165, 1.54) is 17.8 Å². The van der Waals surface area contributed by atoms with Crippen molar-refractivity contribution in [2.45, 2.75) is 106 Å². The molecular weight excluding hydrogens is 1170 g/mol. The van der Waals surface area contributed by atoms with Gasteiger partial charge in [-0.2, -0.15) is 0 Å². The number of aromatic amines is 1. The van der Waals surface area contributed by atoms with E-state index in [9.17, 15) is 0 Å². The number of hydrogen-bond donors (Lipinski definition) is 1. The first-order valence-corrected chi connectivity index (χ1v) is 39.4. The van der Waals surface area contributed by atoms with Crippen molar-refractivity contribution in [1.82, 2.24) is 44.7 Å². The molecule has 0 amide bonds. The number of rotatable bonds is 20. The molecule has 12 nitrogen and oxygen atoms in total. The van der Waals surface area contributed by atoms with Gasteiger partial charge in [-0.1, -0.05) is 190 Å². The SMILES string of the molecule is CSc1n[nH]c(-c2ccc(Br)cc2)n1.CSc1nc(-c2ccc(Br)cc2)n(COCC[Si](C)(C)C)n1.CSc1nc(-c2ccc(Br)cc2)nn1COCC[Si](C)(C)C.C[Si](C)(C)CCOCCl. The smallest absolute Gasteiger partial charge is 0.208 e. The van der Waals surface area contributed by atoms with Crippen molar-refractivity contribution in [3.8, 4) is 34.2 Å². The first-order chi connectivity index (χ1) is 31.6. The number of H-pyrrole nitrogens is 1. The van der Waals surface area contributed by atoms with Crippen molar-refractivity contribution in [3.63, 3.8) is 0 Å². The van der Waals surface area contributed by atoms with Crippen LogP contribution >= 0.6 is 94.7 Å². The second-order valence-corrected chi connectivity index (χ2v) is 40.7. The summed E-state index contributed by atoms with van der Waals surface area (Å²) >= 11 is 20.3. The highest BCUT2D eigenvalue weighted by Crippen LogP contribution is 2.25. The molecule has 3 aromatic heterocycles. The van der Waals surface area contributed by atoms with Crippen LogP contribution in [0.25, 0.3) is 34.2 Å². The largest absolute Gasteiger partial charge is 0.366 e. The summed E-state index contributed by atoms with van der Waals surface area (Å²) in [6.45, 7) is 24.4. The maximum atomic E-state index is 5.82. The van der Waals surface area contributed by atoms with Gasteiger partial charge in [0.25, 0.3) is 0 Å². The van der Waals surface area contributed by atoms with Gasteiger partial charge in [-0.3, -0.25) is 5.10 Å². The molecule has 0 atom stereocenters. The zero-order valence-corrected chi connectivity index (χ0v) is 51.8. The number of halogens is 4. The zero-order valence-electron chi connectivity index (χ0n) is 40.8. The molecule has 67 heavy (non-hydrogen) atoms. The van der Waals surface area contributed by atoms with E-state index in [2.05, 4.69) is 142 Å². The molecule has 22 heteroatoms. The third kappa shape index (κ3) is 24.4. The van der Waals surface area contributed by atoms with Crippen molar-refractivity contribution < 1.29 is 14.2 Å². The maximum Gasteiger partial charge on any atom is 0.208 e. The van der Waals surface area contributed by atoms with Crippen LogP contribution in [0.4, 0.5) is 0 Å². The number of hydrogen-bond acceptors (Lipinski definition) is 12. The Hall–Kier alpha value is -1.61. The summed E-state index contributed by atoms with van der Waals surface area (Å²) in [6.07, 6.45) is 5.94. The summed E-state index contributed by atoms with van der Waals surface area (Å²) in [4.78, 5) is 13.5. The quantitative estimate of drug-likeness (QED) is 0.0338. The molecule has 0 unspecified atom stereocenters. The van der Waals surface area contributed by atoms with E-state index in [1.807, 2.05) is 101 Å². The van der Waals surface area contributed by atoms with Crippen molar-refractivity contribution >= 4 is 119 Å². The first kappa shape index (κ1) is 59.7. The average Bonchev–Trinajstić information content (AvgIpc) is 4.04. The van der Waals surface area contributed by atoms with E-state index < -0.39 is 24.2 Å². The lowest BCUT2D eigenvalue weighted by Crippen LogP contribution is -2.22. The third-order valence-electron chi connectivity index (χ3n) is 9.12. The van der Waals surface area contributed by atoms with Crippen LogP contribution in [0, 0.1) is 0 Å². The molecule has 0 saturated heterocycles. The molecule has 6 aromatic rings. The number of benzene rings is 3. The molecule has 0 radical (unpaired) electrons. The van der Waals surface area contributed by atoms with E-state index in [1.54, 1.807) is 23.5 Å². The minimum atomic E-state index is -1.06. The fourth-order valence-electron chi connectivity index (χ4n) is 5.16. The molecule has 6 rings (SSSR count).